The van der Waals surface area contributed by atoms with Crippen molar-refractivity contribution in [2.24, 2.45) is 0 Å². The molecule has 0 radical (unpaired) electrons. The number of imidazole rings is 1. The summed E-state index contributed by atoms with van der Waals surface area (Å²) in [5, 5.41) is 13.1. The second-order valence-corrected chi connectivity index (χ2v) is 7.04. The van der Waals surface area contributed by atoms with E-state index < -0.39 is 4.92 Å². The lowest BCUT2D eigenvalue weighted by Gasteiger charge is -2.02. The third kappa shape index (κ3) is 3.30. The first-order chi connectivity index (χ1) is 13.5. The first-order valence-electron chi connectivity index (χ1n) is 8.07. The second-order valence-electron chi connectivity index (χ2n) is 5.76. The number of ketones is 1. The fraction of sp³-hybridized carbons (Fsp3) is 0. The number of thiazole rings is 1. The number of carbonyl (C=O) groups is 1. The molecule has 28 heavy (non-hydrogen) atoms. The average molecular weight is 411 g/mol. The Balaban J connectivity index is 1.80. The van der Waals surface area contributed by atoms with Crippen LogP contribution in [0.3, 0.4) is 0 Å². The van der Waals surface area contributed by atoms with Crippen molar-refractivity contribution in [2.45, 2.75) is 0 Å². The molecule has 3 aromatic heterocycles. The highest BCUT2D eigenvalue weighted by atomic mass is 35.5. The zero-order valence-electron chi connectivity index (χ0n) is 14.2. The Morgan fingerprint density at radius 2 is 2.04 bits per heavy atom. The molecule has 0 fully saturated rings. The Morgan fingerprint density at radius 3 is 2.79 bits per heavy atom. The van der Waals surface area contributed by atoms with Gasteiger partial charge in [-0.2, -0.15) is 0 Å². The molecule has 1 aromatic carbocycles. The highest BCUT2D eigenvalue weighted by molar-refractivity contribution is 7.15. The summed E-state index contributed by atoms with van der Waals surface area (Å²) in [4.78, 5) is 32.3. The van der Waals surface area contributed by atoms with E-state index in [0.717, 1.165) is 0 Å². The van der Waals surface area contributed by atoms with Crippen LogP contribution in [0, 0.1) is 10.1 Å². The summed E-state index contributed by atoms with van der Waals surface area (Å²) < 4.78 is 1.83. The molecule has 0 atom stereocenters. The highest BCUT2D eigenvalue weighted by Gasteiger charge is 2.18. The Labute approximate surface area is 167 Å². The van der Waals surface area contributed by atoms with Crippen LogP contribution in [0.5, 0.6) is 0 Å². The first kappa shape index (κ1) is 18.0. The highest BCUT2D eigenvalue weighted by Crippen LogP contribution is 2.33. The maximum atomic E-state index is 12.4. The van der Waals surface area contributed by atoms with Gasteiger partial charge < -0.3 is 0 Å². The zero-order valence-corrected chi connectivity index (χ0v) is 15.7. The normalized spacial score (nSPS) is 11.3. The first-order valence-corrected chi connectivity index (χ1v) is 9.32. The van der Waals surface area contributed by atoms with Crippen molar-refractivity contribution in [1.82, 2.24) is 14.4 Å². The van der Waals surface area contributed by atoms with Gasteiger partial charge in [0.1, 0.15) is 5.02 Å². The van der Waals surface area contributed by atoms with Crippen LogP contribution < -0.4 is 0 Å². The van der Waals surface area contributed by atoms with Crippen molar-refractivity contribution < 1.29 is 9.72 Å². The minimum absolute atomic E-state index is 0.0553. The zero-order chi connectivity index (χ0) is 19.7. The molecule has 7 nitrogen and oxygen atoms in total. The molecule has 0 amide bonds. The van der Waals surface area contributed by atoms with E-state index >= 15 is 0 Å². The number of fused-ring (bicyclic) bond motifs is 1. The van der Waals surface area contributed by atoms with Crippen LogP contribution in [0.25, 0.3) is 22.3 Å². The van der Waals surface area contributed by atoms with Crippen LogP contribution >= 0.6 is 22.9 Å². The van der Waals surface area contributed by atoms with Crippen LogP contribution in [0.4, 0.5) is 5.69 Å². The van der Waals surface area contributed by atoms with E-state index in [4.69, 9.17) is 11.6 Å². The minimum atomic E-state index is -0.535. The lowest BCUT2D eigenvalue weighted by molar-refractivity contribution is -0.384. The SMILES string of the molecule is O=C(C=Cc1c(-c2ccc(Cl)c([N+](=O)[O-])c2)nc2sccn12)c1ccncc1. The summed E-state index contributed by atoms with van der Waals surface area (Å²) in [5.74, 6) is -0.180. The summed E-state index contributed by atoms with van der Waals surface area (Å²) in [7, 11) is 0. The molecule has 4 rings (SSSR count). The molecular weight excluding hydrogens is 400 g/mol. The molecule has 0 unspecified atom stereocenters. The number of benzene rings is 1. The third-order valence-electron chi connectivity index (χ3n) is 4.07. The molecule has 0 aliphatic carbocycles. The van der Waals surface area contributed by atoms with Crippen molar-refractivity contribution >= 4 is 45.4 Å². The number of nitro benzene ring substituents is 1. The van der Waals surface area contributed by atoms with E-state index in [0.29, 0.717) is 27.5 Å². The summed E-state index contributed by atoms with van der Waals surface area (Å²) in [6.07, 6.45) is 8.04. The number of hydrogen-bond donors (Lipinski definition) is 0. The van der Waals surface area contributed by atoms with Crippen molar-refractivity contribution in [3.05, 3.63) is 86.8 Å². The van der Waals surface area contributed by atoms with Gasteiger partial charge >= 0.3 is 0 Å². The number of nitrogens with zero attached hydrogens (tertiary/aromatic N) is 4. The van der Waals surface area contributed by atoms with E-state index in [-0.39, 0.29) is 16.5 Å². The maximum absolute atomic E-state index is 12.4. The second kappa shape index (κ2) is 7.34. The summed E-state index contributed by atoms with van der Waals surface area (Å²) in [5.41, 5.74) is 2.04. The number of halogens is 1. The Bertz CT molecular complexity index is 1230. The monoisotopic (exact) mass is 410 g/mol. The van der Waals surface area contributed by atoms with Gasteiger partial charge in [0.2, 0.25) is 0 Å². The number of rotatable bonds is 5. The number of hydrogen-bond acceptors (Lipinski definition) is 6. The number of nitro groups is 1. The Kier molecular flexibility index (Phi) is 4.72. The van der Waals surface area contributed by atoms with Gasteiger partial charge in [-0.1, -0.05) is 17.7 Å². The standard InChI is InChI=1S/C19H11ClN4O3S/c20-14-2-1-13(11-16(14)24(26)27)18-15(23-9-10-28-19(23)22-18)3-4-17(25)12-5-7-21-8-6-12/h1-11H. The molecule has 4 aromatic rings. The van der Waals surface area contributed by atoms with Gasteiger partial charge in [-0.05, 0) is 30.4 Å². The minimum Gasteiger partial charge on any atom is -0.290 e. The van der Waals surface area contributed by atoms with Gasteiger partial charge in [0.25, 0.3) is 5.69 Å². The van der Waals surface area contributed by atoms with Crippen molar-refractivity contribution in [3.8, 4) is 11.3 Å². The van der Waals surface area contributed by atoms with Gasteiger partial charge in [0.05, 0.1) is 16.3 Å². The molecule has 0 aliphatic rings. The maximum Gasteiger partial charge on any atom is 0.288 e. The average Bonchev–Trinajstić information content (AvgIpc) is 3.28. The molecule has 0 aliphatic heterocycles. The van der Waals surface area contributed by atoms with Crippen molar-refractivity contribution in [1.29, 1.82) is 0 Å². The number of carbonyl (C=O) groups excluding carboxylic acids is 1. The fourth-order valence-electron chi connectivity index (χ4n) is 2.74. The molecule has 0 N–H and O–H groups in total. The van der Waals surface area contributed by atoms with Crippen molar-refractivity contribution in [2.75, 3.05) is 0 Å². The van der Waals surface area contributed by atoms with Crippen LogP contribution in [0.1, 0.15) is 16.1 Å². The molecule has 0 bridgehead atoms. The molecule has 3 heterocycles. The number of allylic oxidation sites excluding steroid dienone is 1. The van der Waals surface area contributed by atoms with Gasteiger partial charge in [-0.3, -0.25) is 24.3 Å². The topological polar surface area (TPSA) is 90.4 Å². The smallest absolute Gasteiger partial charge is 0.288 e. The van der Waals surface area contributed by atoms with Crippen LogP contribution in [-0.2, 0) is 0 Å². The molecular formula is C19H11ClN4O3S. The van der Waals surface area contributed by atoms with Gasteiger partial charge in [0.15, 0.2) is 10.7 Å². The molecule has 138 valence electrons. The van der Waals surface area contributed by atoms with E-state index in [1.54, 1.807) is 36.7 Å². The van der Waals surface area contributed by atoms with Gasteiger partial charge in [-0.15, -0.1) is 11.3 Å². The van der Waals surface area contributed by atoms with Gasteiger partial charge in [0, 0.05) is 41.2 Å². The number of aromatic nitrogens is 3. The van der Waals surface area contributed by atoms with E-state index in [1.165, 1.54) is 29.5 Å². The van der Waals surface area contributed by atoms with Gasteiger partial charge in [-0.25, -0.2) is 4.98 Å². The molecule has 0 spiro atoms. The van der Waals surface area contributed by atoms with E-state index in [2.05, 4.69) is 9.97 Å². The quantitative estimate of drug-likeness (QED) is 0.202. The lowest BCUT2D eigenvalue weighted by atomic mass is 10.1. The van der Waals surface area contributed by atoms with E-state index in [1.807, 2.05) is 16.0 Å². The third-order valence-corrected chi connectivity index (χ3v) is 5.15. The van der Waals surface area contributed by atoms with Crippen molar-refractivity contribution in [3.63, 3.8) is 0 Å². The summed E-state index contributed by atoms with van der Waals surface area (Å²) >= 11 is 7.34. The summed E-state index contributed by atoms with van der Waals surface area (Å²) in [6, 6.07) is 7.79. The molecule has 0 saturated heterocycles. The number of pyridine rings is 1. The Morgan fingerprint density at radius 1 is 1.25 bits per heavy atom. The van der Waals surface area contributed by atoms with Crippen LogP contribution in [0.2, 0.25) is 5.02 Å². The van der Waals surface area contributed by atoms with E-state index in [9.17, 15) is 14.9 Å². The van der Waals surface area contributed by atoms with Crippen LogP contribution in [0.15, 0.2) is 60.4 Å². The predicted molar refractivity (Wildman–Crippen MR) is 108 cm³/mol. The molecule has 9 heteroatoms. The predicted octanol–water partition coefficient (Wildman–Crippen LogP) is 4.92. The summed E-state index contributed by atoms with van der Waals surface area (Å²) in [6.45, 7) is 0. The van der Waals surface area contributed by atoms with Crippen LogP contribution in [-0.4, -0.2) is 25.1 Å². The molecule has 0 saturated carbocycles. The fourth-order valence-corrected chi connectivity index (χ4v) is 3.65. The Hall–Kier alpha value is -3.36. The lowest BCUT2D eigenvalue weighted by Crippen LogP contribution is -1.95. The largest absolute Gasteiger partial charge is 0.290 e.